The van der Waals surface area contributed by atoms with E-state index in [1.807, 2.05) is 0 Å². The van der Waals surface area contributed by atoms with Crippen LogP contribution in [-0.4, -0.2) is 24.8 Å². The molecule has 0 radical (unpaired) electrons. The predicted octanol–water partition coefficient (Wildman–Crippen LogP) is 4.92. The summed E-state index contributed by atoms with van der Waals surface area (Å²) in [5.41, 5.74) is 0.132. The van der Waals surface area contributed by atoms with Crippen LogP contribution in [0.25, 0.3) is 0 Å². The van der Waals surface area contributed by atoms with Gasteiger partial charge < -0.3 is 10.1 Å². The summed E-state index contributed by atoms with van der Waals surface area (Å²) in [6.07, 6.45) is 13.7. The Morgan fingerprint density at radius 3 is 2.24 bits per heavy atom. The summed E-state index contributed by atoms with van der Waals surface area (Å²) in [6, 6.07) is 0.559. The van der Waals surface area contributed by atoms with Crippen LogP contribution in [0.3, 0.4) is 0 Å². The van der Waals surface area contributed by atoms with E-state index in [2.05, 4.69) is 26.1 Å². The molecule has 2 nitrogen and oxygen atoms in total. The second-order valence-electron chi connectivity index (χ2n) is 7.89. The van der Waals surface area contributed by atoms with Gasteiger partial charge in [-0.15, -0.1) is 0 Å². The Labute approximate surface area is 132 Å². The molecule has 0 bridgehead atoms. The van der Waals surface area contributed by atoms with E-state index in [0.717, 1.165) is 25.0 Å². The average molecular weight is 296 g/mol. The molecule has 0 heterocycles. The molecule has 2 heteroatoms. The van der Waals surface area contributed by atoms with Crippen molar-refractivity contribution in [1.29, 1.82) is 0 Å². The first kappa shape index (κ1) is 17.3. The second-order valence-corrected chi connectivity index (χ2v) is 7.89. The molecule has 124 valence electrons. The van der Waals surface area contributed by atoms with E-state index in [1.165, 1.54) is 64.2 Å². The monoisotopic (exact) mass is 295 g/mol. The van der Waals surface area contributed by atoms with Crippen LogP contribution in [0.5, 0.6) is 0 Å². The van der Waals surface area contributed by atoms with Crippen LogP contribution in [0.4, 0.5) is 0 Å². The van der Waals surface area contributed by atoms with Gasteiger partial charge in [-0.05, 0) is 50.4 Å². The first-order valence-corrected chi connectivity index (χ1v) is 9.51. The fourth-order valence-electron chi connectivity index (χ4n) is 4.02. The van der Waals surface area contributed by atoms with Gasteiger partial charge in [-0.2, -0.15) is 0 Å². The molecule has 0 aliphatic heterocycles. The molecule has 0 aromatic heterocycles. The third-order valence-electron chi connectivity index (χ3n) is 5.78. The van der Waals surface area contributed by atoms with Crippen LogP contribution >= 0.6 is 0 Å². The third-order valence-corrected chi connectivity index (χ3v) is 5.78. The minimum absolute atomic E-state index is 0.132. The van der Waals surface area contributed by atoms with Crippen LogP contribution < -0.4 is 5.32 Å². The van der Waals surface area contributed by atoms with Crippen molar-refractivity contribution in [2.45, 2.75) is 96.6 Å². The smallest absolute Gasteiger partial charge is 0.0806 e. The number of nitrogens with one attached hydrogen (secondary N) is 1. The molecule has 2 saturated carbocycles. The summed E-state index contributed by atoms with van der Waals surface area (Å²) in [6.45, 7) is 8.89. The average Bonchev–Trinajstić information content (AvgIpc) is 2.53. The highest BCUT2D eigenvalue weighted by molar-refractivity contribution is 4.90. The Morgan fingerprint density at radius 1 is 1.00 bits per heavy atom. The van der Waals surface area contributed by atoms with Gasteiger partial charge in [0.25, 0.3) is 0 Å². The van der Waals surface area contributed by atoms with E-state index in [0.29, 0.717) is 6.04 Å². The third kappa shape index (κ3) is 5.56. The van der Waals surface area contributed by atoms with E-state index in [9.17, 15) is 0 Å². The fourth-order valence-corrected chi connectivity index (χ4v) is 4.02. The Morgan fingerprint density at radius 2 is 1.67 bits per heavy atom. The molecule has 0 atom stereocenters. The Kier molecular flexibility index (Phi) is 7.01. The lowest BCUT2D eigenvalue weighted by atomic mass is 9.77. The lowest BCUT2D eigenvalue weighted by molar-refractivity contribution is -0.0927. The highest BCUT2D eigenvalue weighted by atomic mass is 16.5. The van der Waals surface area contributed by atoms with Crippen molar-refractivity contribution in [1.82, 2.24) is 5.32 Å². The molecular formula is C19H37NO. The van der Waals surface area contributed by atoms with Gasteiger partial charge in [-0.25, -0.2) is 0 Å². The quantitative estimate of drug-likeness (QED) is 0.720. The lowest BCUT2D eigenvalue weighted by Crippen LogP contribution is -2.48. The van der Waals surface area contributed by atoms with Crippen LogP contribution in [0.2, 0.25) is 0 Å². The summed E-state index contributed by atoms with van der Waals surface area (Å²) in [5, 5.41) is 3.65. The van der Waals surface area contributed by atoms with E-state index >= 15 is 0 Å². The molecule has 1 N–H and O–H groups in total. The zero-order valence-corrected chi connectivity index (χ0v) is 14.6. The van der Waals surface area contributed by atoms with E-state index in [1.54, 1.807) is 0 Å². The van der Waals surface area contributed by atoms with Crippen LogP contribution in [0.15, 0.2) is 0 Å². The van der Waals surface area contributed by atoms with Gasteiger partial charge in [0.05, 0.1) is 12.2 Å². The predicted molar refractivity (Wildman–Crippen MR) is 90.6 cm³/mol. The Bertz CT molecular complexity index is 275. The highest BCUT2D eigenvalue weighted by Gasteiger charge is 2.36. The van der Waals surface area contributed by atoms with Crippen molar-refractivity contribution in [3.8, 4) is 0 Å². The normalized spacial score (nSPS) is 31.7. The van der Waals surface area contributed by atoms with Crippen molar-refractivity contribution in [3.05, 3.63) is 0 Å². The molecule has 21 heavy (non-hydrogen) atoms. The molecule has 0 aromatic carbocycles. The minimum Gasteiger partial charge on any atom is -0.373 e. The molecule has 2 rings (SSSR count). The van der Waals surface area contributed by atoms with Crippen molar-refractivity contribution < 1.29 is 4.74 Å². The van der Waals surface area contributed by atoms with Crippen molar-refractivity contribution in [2.24, 2.45) is 11.8 Å². The maximum absolute atomic E-state index is 6.59. The SMILES string of the molecule is CCC1CCC(CNC(C)C)(OCC2CCCCC2)CC1. The maximum atomic E-state index is 6.59. The summed E-state index contributed by atoms with van der Waals surface area (Å²) in [7, 11) is 0. The fraction of sp³-hybridized carbons (Fsp3) is 1.00. The van der Waals surface area contributed by atoms with E-state index in [4.69, 9.17) is 4.74 Å². The highest BCUT2D eigenvalue weighted by Crippen LogP contribution is 2.37. The van der Waals surface area contributed by atoms with Gasteiger partial charge in [-0.3, -0.25) is 0 Å². The van der Waals surface area contributed by atoms with Gasteiger partial charge in [-0.1, -0.05) is 46.5 Å². The number of ether oxygens (including phenoxy) is 1. The molecule has 2 aliphatic rings. The number of hydrogen-bond donors (Lipinski definition) is 1. The first-order valence-electron chi connectivity index (χ1n) is 9.51. The molecule has 0 unspecified atom stereocenters. The van der Waals surface area contributed by atoms with Crippen LogP contribution in [-0.2, 0) is 4.74 Å². The molecule has 2 fully saturated rings. The van der Waals surface area contributed by atoms with Crippen molar-refractivity contribution >= 4 is 0 Å². The summed E-state index contributed by atoms with van der Waals surface area (Å²) in [5.74, 6) is 1.77. The van der Waals surface area contributed by atoms with E-state index in [-0.39, 0.29) is 5.60 Å². The van der Waals surface area contributed by atoms with E-state index < -0.39 is 0 Å². The van der Waals surface area contributed by atoms with Crippen molar-refractivity contribution in [3.63, 3.8) is 0 Å². The topological polar surface area (TPSA) is 21.3 Å². The number of rotatable bonds is 7. The summed E-state index contributed by atoms with van der Waals surface area (Å²) in [4.78, 5) is 0. The molecule has 0 spiro atoms. The second kappa shape index (κ2) is 8.53. The summed E-state index contributed by atoms with van der Waals surface area (Å²) < 4.78 is 6.59. The van der Waals surface area contributed by atoms with Crippen LogP contribution in [0, 0.1) is 11.8 Å². The Balaban J connectivity index is 1.85. The first-order chi connectivity index (χ1) is 10.1. The van der Waals surface area contributed by atoms with Crippen LogP contribution in [0.1, 0.15) is 85.0 Å². The lowest BCUT2D eigenvalue weighted by Gasteiger charge is -2.42. The molecule has 0 aromatic rings. The van der Waals surface area contributed by atoms with Gasteiger partial charge in [0, 0.05) is 12.6 Å². The zero-order valence-electron chi connectivity index (χ0n) is 14.6. The van der Waals surface area contributed by atoms with Gasteiger partial charge >= 0.3 is 0 Å². The molecule has 0 saturated heterocycles. The zero-order chi connectivity index (χ0) is 15.1. The minimum atomic E-state index is 0.132. The number of hydrogen-bond acceptors (Lipinski definition) is 2. The largest absolute Gasteiger partial charge is 0.373 e. The summed E-state index contributed by atoms with van der Waals surface area (Å²) >= 11 is 0. The Hall–Kier alpha value is -0.0800. The molecular weight excluding hydrogens is 258 g/mol. The maximum Gasteiger partial charge on any atom is 0.0806 e. The van der Waals surface area contributed by atoms with Crippen molar-refractivity contribution in [2.75, 3.05) is 13.2 Å². The standard InChI is InChI=1S/C19H37NO/c1-4-17-10-12-19(13-11-17,15-20-16(2)3)21-14-18-8-6-5-7-9-18/h16-18,20H,4-15H2,1-3H3. The van der Waals surface area contributed by atoms with Gasteiger partial charge in [0.1, 0.15) is 0 Å². The van der Waals surface area contributed by atoms with Gasteiger partial charge in [0.2, 0.25) is 0 Å². The van der Waals surface area contributed by atoms with Gasteiger partial charge in [0.15, 0.2) is 0 Å². The molecule has 2 aliphatic carbocycles. The molecule has 0 amide bonds.